The number of aliphatic hydroxyl groups is 1. The first-order valence-corrected chi connectivity index (χ1v) is 11.8. The number of aromatic nitrogens is 2. The number of hydrogen-bond acceptors (Lipinski definition) is 9. The number of benzene rings is 1. The predicted octanol–water partition coefficient (Wildman–Crippen LogP) is -0.343. The number of fused-ring (bicyclic) bond motifs is 3. The highest BCUT2D eigenvalue weighted by Crippen LogP contribution is 2.51. The van der Waals surface area contributed by atoms with Crippen molar-refractivity contribution in [2.75, 3.05) is 21.1 Å². The fourth-order valence-corrected chi connectivity index (χ4v) is 6.36. The van der Waals surface area contributed by atoms with Gasteiger partial charge in [0.1, 0.15) is 17.4 Å². The van der Waals surface area contributed by atoms with Crippen molar-refractivity contribution in [2.45, 2.75) is 24.5 Å². The van der Waals surface area contributed by atoms with Gasteiger partial charge in [0.15, 0.2) is 34.7 Å². The van der Waals surface area contributed by atoms with Gasteiger partial charge in [0, 0.05) is 30.9 Å². The summed E-state index contributed by atoms with van der Waals surface area (Å²) in [6.07, 6.45) is 2.58. The third kappa shape index (κ3) is 3.25. The number of aromatic hydroxyl groups is 1. The molecule has 3 aliphatic rings. The van der Waals surface area contributed by atoms with Gasteiger partial charge in [0.2, 0.25) is 5.91 Å². The maximum Gasteiger partial charge on any atom is 0.238 e. The first-order chi connectivity index (χ1) is 17.4. The van der Waals surface area contributed by atoms with Crippen molar-refractivity contribution in [1.29, 1.82) is 0 Å². The average molecular weight is 512 g/mol. The molecule has 194 valence electrons. The number of ketones is 4. The van der Waals surface area contributed by atoms with E-state index in [9.17, 15) is 34.2 Å². The van der Waals surface area contributed by atoms with Gasteiger partial charge in [0.25, 0.3) is 0 Å². The molecule has 6 unspecified atom stereocenters. The van der Waals surface area contributed by atoms with Crippen molar-refractivity contribution in [2.24, 2.45) is 23.7 Å². The summed E-state index contributed by atoms with van der Waals surface area (Å²) in [5.74, 6) is -11.9. The van der Waals surface area contributed by atoms with Crippen molar-refractivity contribution < 1.29 is 38.6 Å². The Balaban J connectivity index is 1.65. The maximum absolute atomic E-state index is 15.6. The van der Waals surface area contributed by atoms with E-state index in [0.29, 0.717) is 0 Å². The molecule has 12 heteroatoms. The van der Waals surface area contributed by atoms with E-state index in [2.05, 4.69) is 15.3 Å². The molecule has 0 aliphatic heterocycles. The second kappa shape index (κ2) is 8.38. The summed E-state index contributed by atoms with van der Waals surface area (Å²) in [5.41, 5.74) is -3.34. The molecule has 2 saturated carbocycles. The topological polar surface area (TPSA) is 170 Å². The zero-order valence-electron chi connectivity index (χ0n) is 20.2. The fourth-order valence-electron chi connectivity index (χ4n) is 6.36. The first kappa shape index (κ1) is 24.9. The molecular weight excluding hydrogens is 487 g/mol. The number of phenols is 1. The van der Waals surface area contributed by atoms with Crippen LogP contribution in [0.2, 0.25) is 0 Å². The number of carbonyl (C=O) groups excluding carboxylic acids is 5. The van der Waals surface area contributed by atoms with Crippen LogP contribution in [0.4, 0.5) is 4.39 Å². The van der Waals surface area contributed by atoms with Crippen molar-refractivity contribution in [1.82, 2.24) is 20.2 Å². The van der Waals surface area contributed by atoms with Crippen LogP contribution < -0.4 is 5.32 Å². The van der Waals surface area contributed by atoms with E-state index in [4.69, 9.17) is 0 Å². The Bertz CT molecular complexity index is 1370. The van der Waals surface area contributed by atoms with Crippen LogP contribution in [0.25, 0.3) is 11.4 Å². The van der Waals surface area contributed by atoms with Crippen LogP contribution in [0.1, 0.15) is 22.3 Å². The van der Waals surface area contributed by atoms with Crippen molar-refractivity contribution in [3.05, 3.63) is 35.4 Å². The molecule has 0 saturated heterocycles. The van der Waals surface area contributed by atoms with E-state index < -0.39 is 81.5 Å². The van der Waals surface area contributed by atoms with E-state index >= 15 is 4.39 Å². The minimum atomic E-state index is -2.78. The number of amides is 1. The summed E-state index contributed by atoms with van der Waals surface area (Å²) in [7, 11) is 4.26. The normalized spacial score (nSPS) is 31.1. The smallest absolute Gasteiger partial charge is 0.238 e. The predicted molar refractivity (Wildman–Crippen MR) is 124 cm³/mol. The fraction of sp³-hybridized carbons (Fsp3) is 0.440. The van der Waals surface area contributed by atoms with Gasteiger partial charge >= 0.3 is 0 Å². The number of likely N-dealkylation sites (N-methyl/N-ethyl adjacent to an activating group) is 1. The van der Waals surface area contributed by atoms with Crippen LogP contribution in [0.3, 0.4) is 0 Å². The van der Waals surface area contributed by atoms with Gasteiger partial charge in [-0.25, -0.2) is 9.37 Å². The van der Waals surface area contributed by atoms with Crippen LogP contribution in [-0.2, 0) is 25.6 Å². The lowest BCUT2D eigenvalue weighted by Gasteiger charge is -2.52. The van der Waals surface area contributed by atoms with Gasteiger partial charge in [-0.3, -0.25) is 28.9 Å². The molecule has 0 bridgehead atoms. The summed E-state index contributed by atoms with van der Waals surface area (Å²) >= 11 is 0. The van der Waals surface area contributed by atoms with E-state index in [1.165, 1.54) is 38.4 Å². The Labute approximate surface area is 210 Å². The first-order valence-electron chi connectivity index (χ1n) is 11.8. The Hall–Kier alpha value is -3.77. The van der Waals surface area contributed by atoms with E-state index in [1.807, 2.05) is 0 Å². The second-order valence-corrected chi connectivity index (χ2v) is 10.0. The summed E-state index contributed by atoms with van der Waals surface area (Å²) in [6, 6.07) is -0.149. The van der Waals surface area contributed by atoms with E-state index in [-0.39, 0.29) is 29.8 Å². The minimum absolute atomic E-state index is 0.0613. The molecule has 4 N–H and O–H groups in total. The molecule has 37 heavy (non-hydrogen) atoms. The standard InChI is InChI=1S/C25H25FN4O7/c1-27-24(36)16-20(33)18(30(2)3)12-7-9-6-10-15(19(32)14(9)21(34)25(12,37)22(16)35)13(31)8-11(17(10)26)23-28-4-5-29-23/h4-5,8-9,12,14,16,18,31,37H,6-7H2,1-3H3,(H,27,36)(H,28,29). The van der Waals surface area contributed by atoms with Crippen molar-refractivity contribution in [3.63, 3.8) is 0 Å². The highest BCUT2D eigenvalue weighted by atomic mass is 19.1. The molecule has 1 aromatic heterocycles. The van der Waals surface area contributed by atoms with Crippen LogP contribution >= 0.6 is 0 Å². The Kier molecular flexibility index (Phi) is 5.64. The number of imidazole rings is 1. The molecule has 3 aliphatic carbocycles. The minimum Gasteiger partial charge on any atom is -0.507 e. The number of aromatic amines is 1. The molecular formula is C25H25FN4O7. The molecule has 1 aromatic carbocycles. The number of nitrogens with one attached hydrogen (secondary N) is 2. The monoisotopic (exact) mass is 512 g/mol. The molecule has 0 radical (unpaired) electrons. The van der Waals surface area contributed by atoms with Gasteiger partial charge in [-0.1, -0.05) is 0 Å². The summed E-state index contributed by atoms with van der Waals surface area (Å²) in [5, 5.41) is 24.5. The van der Waals surface area contributed by atoms with Crippen LogP contribution in [0.5, 0.6) is 5.75 Å². The number of halogens is 1. The van der Waals surface area contributed by atoms with Crippen LogP contribution in [-0.4, -0.2) is 86.9 Å². The molecule has 11 nitrogen and oxygen atoms in total. The van der Waals surface area contributed by atoms with Crippen LogP contribution in [0.15, 0.2) is 18.5 Å². The third-order valence-electron chi connectivity index (χ3n) is 7.97. The highest BCUT2D eigenvalue weighted by molar-refractivity contribution is 6.32. The van der Waals surface area contributed by atoms with Gasteiger partial charge in [0.05, 0.1) is 23.1 Å². The molecule has 2 fully saturated rings. The molecule has 0 spiro atoms. The van der Waals surface area contributed by atoms with Gasteiger partial charge < -0.3 is 20.5 Å². The maximum atomic E-state index is 15.6. The molecule has 2 aromatic rings. The average Bonchev–Trinajstić information content (AvgIpc) is 3.38. The second-order valence-electron chi connectivity index (χ2n) is 10.0. The number of Topliss-reactive ketones (excluding diaryl/α,β-unsaturated/α-hetero) is 4. The van der Waals surface area contributed by atoms with E-state index in [0.717, 1.165) is 6.07 Å². The molecule has 1 heterocycles. The summed E-state index contributed by atoms with van der Waals surface area (Å²) in [6.45, 7) is 0. The largest absolute Gasteiger partial charge is 0.507 e. The Morgan fingerprint density at radius 2 is 1.95 bits per heavy atom. The summed E-state index contributed by atoms with van der Waals surface area (Å²) < 4.78 is 15.6. The Morgan fingerprint density at radius 1 is 1.24 bits per heavy atom. The van der Waals surface area contributed by atoms with Gasteiger partial charge in [-0.2, -0.15) is 0 Å². The van der Waals surface area contributed by atoms with Gasteiger partial charge in [-0.05, 0) is 38.9 Å². The lowest BCUT2D eigenvalue weighted by Crippen LogP contribution is -2.74. The number of nitrogens with zero attached hydrogens (tertiary/aromatic N) is 2. The molecule has 6 atom stereocenters. The number of rotatable bonds is 3. The quantitative estimate of drug-likeness (QED) is 0.402. The lowest BCUT2D eigenvalue weighted by atomic mass is 9.52. The Morgan fingerprint density at radius 3 is 2.54 bits per heavy atom. The molecule has 5 rings (SSSR count). The number of H-pyrrole nitrogens is 1. The number of carbonyl (C=O) groups is 5. The van der Waals surface area contributed by atoms with Crippen molar-refractivity contribution >= 4 is 29.0 Å². The number of phenolic OH excluding ortho intramolecular Hbond substituents is 1. The van der Waals surface area contributed by atoms with Gasteiger partial charge in [-0.15, -0.1) is 0 Å². The third-order valence-corrected chi connectivity index (χ3v) is 7.97. The number of hydrogen-bond donors (Lipinski definition) is 4. The van der Waals surface area contributed by atoms with E-state index in [1.54, 1.807) is 0 Å². The molecule has 1 amide bonds. The summed E-state index contributed by atoms with van der Waals surface area (Å²) in [4.78, 5) is 74.6. The zero-order valence-corrected chi connectivity index (χ0v) is 20.2. The van der Waals surface area contributed by atoms with Crippen molar-refractivity contribution in [3.8, 4) is 17.1 Å². The highest BCUT2D eigenvalue weighted by Gasteiger charge is 2.69. The lowest BCUT2D eigenvalue weighted by molar-refractivity contribution is -0.181. The SMILES string of the molecule is CNC(=O)C1C(=O)C(N(C)C)C2CC3Cc4c(F)c(-c5ncc[nH]5)cc(O)c4C(=O)C3C(=O)C2(O)C1=O. The van der Waals surface area contributed by atoms with Crippen LogP contribution in [0, 0.1) is 29.5 Å². The zero-order chi connectivity index (χ0) is 27.0.